The van der Waals surface area contributed by atoms with E-state index in [1.165, 1.54) is 41.7 Å². The number of nitrogens with one attached hydrogen (secondary N) is 1. The first kappa shape index (κ1) is 15.9. The van der Waals surface area contributed by atoms with Crippen molar-refractivity contribution < 1.29 is 13.2 Å². The number of carbonyl (C=O) groups is 1. The molecule has 0 saturated carbocycles. The molecule has 2 rings (SSSR count). The molecule has 1 aromatic heterocycles. The van der Waals surface area contributed by atoms with Gasteiger partial charge in [-0.05, 0) is 58.4 Å². The molecular weight excluding hydrogens is 376 g/mol. The standard InChI is InChI=1S/C13H11BrN2O3S2/c14-12-7-3-10(20-12)4-8-13(17)16-9-1-5-11(6-2-9)21(15,18)19/h1-8H,(H,16,17)(H2,15,18,19)/b8-4+. The van der Waals surface area contributed by atoms with Gasteiger partial charge in [0.25, 0.3) is 0 Å². The minimum atomic E-state index is -3.72. The van der Waals surface area contributed by atoms with Crippen molar-refractivity contribution in [3.8, 4) is 0 Å². The predicted octanol–water partition coefficient (Wildman–Crippen LogP) is 2.81. The molecule has 0 unspecified atom stereocenters. The molecule has 2 aromatic rings. The van der Waals surface area contributed by atoms with E-state index < -0.39 is 10.0 Å². The summed E-state index contributed by atoms with van der Waals surface area (Å²) in [6.45, 7) is 0. The van der Waals surface area contributed by atoms with Crippen LogP contribution in [0, 0.1) is 0 Å². The minimum absolute atomic E-state index is 0.000484. The molecule has 0 aliphatic heterocycles. The SMILES string of the molecule is NS(=O)(=O)c1ccc(NC(=O)/C=C/c2ccc(Br)s2)cc1. The summed E-state index contributed by atoms with van der Waals surface area (Å²) in [6, 6.07) is 9.42. The van der Waals surface area contributed by atoms with E-state index >= 15 is 0 Å². The lowest BCUT2D eigenvalue weighted by molar-refractivity contribution is -0.111. The normalized spacial score (nSPS) is 11.7. The molecular formula is C13H11BrN2O3S2. The van der Waals surface area contributed by atoms with Crippen molar-refractivity contribution in [1.82, 2.24) is 0 Å². The Balaban J connectivity index is 2.01. The zero-order valence-corrected chi connectivity index (χ0v) is 13.8. The van der Waals surface area contributed by atoms with E-state index in [1.54, 1.807) is 6.08 Å². The summed E-state index contributed by atoms with van der Waals surface area (Å²) < 4.78 is 23.2. The molecule has 8 heteroatoms. The number of sulfonamides is 1. The highest BCUT2D eigenvalue weighted by Gasteiger charge is 2.07. The lowest BCUT2D eigenvalue weighted by Gasteiger charge is -2.03. The van der Waals surface area contributed by atoms with Gasteiger partial charge in [0.05, 0.1) is 8.68 Å². The molecule has 1 amide bonds. The molecule has 21 heavy (non-hydrogen) atoms. The molecule has 0 aliphatic carbocycles. The maximum atomic E-state index is 11.7. The molecule has 0 aliphatic rings. The van der Waals surface area contributed by atoms with E-state index in [0.29, 0.717) is 5.69 Å². The third-order valence-electron chi connectivity index (χ3n) is 2.44. The molecule has 0 atom stereocenters. The maximum absolute atomic E-state index is 11.7. The predicted molar refractivity (Wildman–Crippen MR) is 87.5 cm³/mol. The number of anilines is 1. The fourth-order valence-corrected chi connectivity index (χ4v) is 3.33. The van der Waals surface area contributed by atoms with Gasteiger partial charge in [-0.1, -0.05) is 0 Å². The van der Waals surface area contributed by atoms with E-state index in [0.717, 1.165) is 8.66 Å². The molecule has 0 radical (unpaired) electrons. The minimum Gasteiger partial charge on any atom is -0.323 e. The quantitative estimate of drug-likeness (QED) is 0.791. The lowest BCUT2D eigenvalue weighted by atomic mass is 10.3. The summed E-state index contributed by atoms with van der Waals surface area (Å²) in [5.41, 5.74) is 0.490. The van der Waals surface area contributed by atoms with Crippen LogP contribution in [-0.2, 0) is 14.8 Å². The van der Waals surface area contributed by atoms with Crippen molar-refractivity contribution in [2.24, 2.45) is 5.14 Å². The third kappa shape index (κ3) is 4.78. The van der Waals surface area contributed by atoms with Crippen LogP contribution in [-0.4, -0.2) is 14.3 Å². The van der Waals surface area contributed by atoms with Gasteiger partial charge in [-0.2, -0.15) is 0 Å². The van der Waals surface area contributed by atoms with Crippen LogP contribution >= 0.6 is 27.3 Å². The van der Waals surface area contributed by atoms with Gasteiger partial charge in [0, 0.05) is 16.6 Å². The van der Waals surface area contributed by atoms with Gasteiger partial charge in [-0.3, -0.25) is 4.79 Å². The average molecular weight is 387 g/mol. The highest BCUT2D eigenvalue weighted by Crippen LogP contribution is 2.23. The van der Waals surface area contributed by atoms with Gasteiger partial charge in [0.1, 0.15) is 0 Å². The van der Waals surface area contributed by atoms with Crippen LogP contribution in [0.2, 0.25) is 0 Å². The van der Waals surface area contributed by atoms with E-state index in [1.807, 2.05) is 12.1 Å². The van der Waals surface area contributed by atoms with Gasteiger partial charge >= 0.3 is 0 Å². The van der Waals surface area contributed by atoms with E-state index in [-0.39, 0.29) is 10.8 Å². The maximum Gasteiger partial charge on any atom is 0.248 e. The fourth-order valence-electron chi connectivity index (χ4n) is 1.49. The number of halogens is 1. The van der Waals surface area contributed by atoms with E-state index in [9.17, 15) is 13.2 Å². The zero-order valence-electron chi connectivity index (χ0n) is 10.6. The van der Waals surface area contributed by atoms with Crippen molar-refractivity contribution in [3.63, 3.8) is 0 Å². The van der Waals surface area contributed by atoms with Gasteiger partial charge in [-0.15, -0.1) is 11.3 Å². The van der Waals surface area contributed by atoms with Crippen LogP contribution in [0.25, 0.3) is 6.08 Å². The van der Waals surface area contributed by atoms with Gasteiger partial charge < -0.3 is 5.32 Å². The molecule has 3 N–H and O–H groups in total. The fraction of sp³-hybridized carbons (Fsp3) is 0. The monoisotopic (exact) mass is 386 g/mol. The summed E-state index contributed by atoms with van der Waals surface area (Å²) in [4.78, 5) is 12.7. The Morgan fingerprint density at radius 2 is 1.86 bits per heavy atom. The molecule has 1 aromatic carbocycles. The second-order valence-corrected chi connectivity index (χ2v) is 8.09. The van der Waals surface area contributed by atoms with Crippen molar-refractivity contribution >= 4 is 55.0 Å². The van der Waals surface area contributed by atoms with Gasteiger partial charge in [0.15, 0.2) is 0 Å². The Kier molecular flexibility index (Phi) is 4.94. The van der Waals surface area contributed by atoms with Crippen LogP contribution in [0.1, 0.15) is 4.88 Å². The number of hydrogen-bond acceptors (Lipinski definition) is 4. The largest absolute Gasteiger partial charge is 0.323 e. The van der Waals surface area contributed by atoms with Crippen molar-refractivity contribution in [2.45, 2.75) is 4.90 Å². The first-order chi connectivity index (χ1) is 9.84. The second-order valence-electron chi connectivity index (χ2n) is 4.03. The van der Waals surface area contributed by atoms with Crippen molar-refractivity contribution in [3.05, 3.63) is 51.1 Å². The van der Waals surface area contributed by atoms with E-state index in [4.69, 9.17) is 5.14 Å². The number of thiophene rings is 1. The molecule has 0 bridgehead atoms. The van der Waals surface area contributed by atoms with Crippen LogP contribution in [0.3, 0.4) is 0 Å². The summed E-state index contributed by atoms with van der Waals surface area (Å²) in [5, 5.41) is 7.62. The smallest absolute Gasteiger partial charge is 0.248 e. The molecule has 5 nitrogen and oxygen atoms in total. The van der Waals surface area contributed by atoms with Gasteiger partial charge in [-0.25, -0.2) is 13.6 Å². The van der Waals surface area contributed by atoms with Crippen LogP contribution in [0.5, 0.6) is 0 Å². The lowest BCUT2D eigenvalue weighted by Crippen LogP contribution is -2.12. The number of primary sulfonamides is 1. The van der Waals surface area contributed by atoms with Crippen LogP contribution in [0.4, 0.5) is 5.69 Å². The number of benzene rings is 1. The molecule has 110 valence electrons. The number of nitrogens with two attached hydrogens (primary N) is 1. The summed E-state index contributed by atoms with van der Waals surface area (Å²) in [6.07, 6.45) is 3.11. The van der Waals surface area contributed by atoms with Crippen LogP contribution < -0.4 is 10.5 Å². The number of amides is 1. The molecule has 0 saturated heterocycles. The first-order valence-electron chi connectivity index (χ1n) is 5.72. The summed E-state index contributed by atoms with van der Waals surface area (Å²) in [7, 11) is -3.72. The van der Waals surface area contributed by atoms with E-state index in [2.05, 4.69) is 21.2 Å². The third-order valence-corrected chi connectivity index (χ3v) is 4.96. The van der Waals surface area contributed by atoms with Gasteiger partial charge in [0.2, 0.25) is 15.9 Å². The Morgan fingerprint density at radius 1 is 1.19 bits per heavy atom. The average Bonchev–Trinajstić information content (AvgIpc) is 2.82. The summed E-state index contributed by atoms with van der Waals surface area (Å²) in [5.74, 6) is -0.303. The van der Waals surface area contributed by atoms with Crippen molar-refractivity contribution in [2.75, 3.05) is 5.32 Å². The Labute approximate surface area is 134 Å². The molecule has 0 fully saturated rings. The van der Waals surface area contributed by atoms with Crippen molar-refractivity contribution in [1.29, 1.82) is 0 Å². The molecule has 1 heterocycles. The first-order valence-corrected chi connectivity index (χ1v) is 8.87. The Hall–Kier alpha value is -1.48. The Morgan fingerprint density at radius 3 is 2.38 bits per heavy atom. The highest BCUT2D eigenvalue weighted by molar-refractivity contribution is 9.11. The topological polar surface area (TPSA) is 89.3 Å². The number of rotatable bonds is 4. The highest BCUT2D eigenvalue weighted by atomic mass is 79.9. The second kappa shape index (κ2) is 6.52. The summed E-state index contributed by atoms with van der Waals surface area (Å²) >= 11 is 4.85. The zero-order chi connectivity index (χ0) is 15.5. The number of carbonyl (C=O) groups excluding carboxylic acids is 1. The number of hydrogen-bond donors (Lipinski definition) is 2. The Bertz CT molecular complexity index is 780. The van der Waals surface area contributed by atoms with Crippen LogP contribution in [0.15, 0.2) is 51.2 Å². The molecule has 0 spiro atoms.